The van der Waals surface area contributed by atoms with Gasteiger partial charge in [0, 0.05) is 28.8 Å². The molecule has 0 radical (unpaired) electrons. The third-order valence-corrected chi connectivity index (χ3v) is 5.15. The summed E-state index contributed by atoms with van der Waals surface area (Å²) < 4.78 is 5.31. The lowest BCUT2D eigenvalue weighted by Gasteiger charge is -2.09. The molecule has 0 fully saturated rings. The number of hydrogen-bond acceptors (Lipinski definition) is 7. The second kappa shape index (κ2) is 11.7. The van der Waals surface area contributed by atoms with Crippen LogP contribution in [-0.2, 0) is 4.79 Å². The number of nitrogens with zero attached hydrogens (tertiary/aromatic N) is 2. The maximum absolute atomic E-state index is 12.6. The molecule has 3 aromatic carbocycles. The van der Waals surface area contributed by atoms with Gasteiger partial charge < -0.3 is 10.1 Å². The fourth-order valence-electron chi connectivity index (χ4n) is 2.89. The number of esters is 1. The van der Waals surface area contributed by atoms with E-state index in [-0.39, 0.29) is 39.3 Å². The van der Waals surface area contributed by atoms with E-state index in [4.69, 9.17) is 16.3 Å². The molecule has 2 N–H and O–H groups in total. The van der Waals surface area contributed by atoms with Crippen LogP contribution in [0.2, 0.25) is 5.02 Å². The summed E-state index contributed by atoms with van der Waals surface area (Å²) in [6, 6.07) is 16.3. The lowest BCUT2D eigenvalue weighted by molar-refractivity contribution is -0.385. The van der Waals surface area contributed by atoms with E-state index in [9.17, 15) is 24.5 Å². The van der Waals surface area contributed by atoms with E-state index in [1.165, 1.54) is 42.5 Å². The number of hydrazone groups is 1. The number of carbonyl (C=O) groups excluding carboxylic acids is 3. The van der Waals surface area contributed by atoms with Gasteiger partial charge in [-0.3, -0.25) is 19.7 Å². The SMILES string of the molecule is CC(C)C(=O)Nc1ccc(C(=O)N/N=C/c2cccc([N+](=O)[O-])c2OC(=O)c2ccccc2Cl)cc1. The van der Waals surface area contributed by atoms with Gasteiger partial charge in [0.15, 0.2) is 0 Å². The largest absolute Gasteiger partial charge is 0.415 e. The van der Waals surface area contributed by atoms with Crippen LogP contribution >= 0.6 is 11.6 Å². The molecule has 0 unspecified atom stereocenters. The number of hydrogen-bond donors (Lipinski definition) is 2. The molecule has 0 aliphatic rings. The molecule has 3 rings (SSSR count). The minimum atomic E-state index is -0.891. The van der Waals surface area contributed by atoms with Crippen LogP contribution in [0.4, 0.5) is 11.4 Å². The smallest absolute Gasteiger partial charge is 0.345 e. The number of rotatable bonds is 8. The molecule has 3 aromatic rings. The molecular formula is C25H21ClN4O6. The Morgan fingerprint density at radius 1 is 1.03 bits per heavy atom. The fourth-order valence-corrected chi connectivity index (χ4v) is 3.10. The molecule has 10 nitrogen and oxygen atoms in total. The summed E-state index contributed by atoms with van der Waals surface area (Å²) in [6.45, 7) is 3.53. The zero-order valence-corrected chi connectivity index (χ0v) is 20.0. The number of nitro groups is 1. The Morgan fingerprint density at radius 2 is 1.72 bits per heavy atom. The second-order valence-corrected chi connectivity index (χ2v) is 8.15. The predicted molar refractivity (Wildman–Crippen MR) is 134 cm³/mol. The summed E-state index contributed by atoms with van der Waals surface area (Å²) in [4.78, 5) is 47.6. The van der Waals surface area contributed by atoms with Gasteiger partial charge in [-0.25, -0.2) is 10.2 Å². The molecule has 11 heteroatoms. The molecule has 0 heterocycles. The summed E-state index contributed by atoms with van der Waals surface area (Å²) in [5.41, 5.74) is 2.75. The molecule has 0 aliphatic heterocycles. The second-order valence-electron chi connectivity index (χ2n) is 7.74. The highest BCUT2D eigenvalue weighted by molar-refractivity contribution is 6.33. The Labute approximate surface area is 211 Å². The van der Waals surface area contributed by atoms with Gasteiger partial charge in [-0.05, 0) is 42.5 Å². The van der Waals surface area contributed by atoms with Gasteiger partial charge in [0.2, 0.25) is 11.7 Å². The minimum absolute atomic E-state index is 0.0292. The maximum Gasteiger partial charge on any atom is 0.345 e. The number of nitro benzene ring substituents is 1. The number of amides is 2. The van der Waals surface area contributed by atoms with E-state index in [2.05, 4.69) is 15.8 Å². The van der Waals surface area contributed by atoms with E-state index in [0.29, 0.717) is 5.69 Å². The quantitative estimate of drug-likeness (QED) is 0.147. The molecule has 0 aromatic heterocycles. The third-order valence-electron chi connectivity index (χ3n) is 4.82. The molecule has 0 bridgehead atoms. The average molecular weight is 509 g/mol. The summed E-state index contributed by atoms with van der Waals surface area (Å²) in [5.74, 6) is -2.15. The van der Waals surface area contributed by atoms with Crippen LogP contribution in [0.15, 0.2) is 71.8 Å². The summed E-state index contributed by atoms with van der Waals surface area (Å²) >= 11 is 6.02. The van der Waals surface area contributed by atoms with Crippen molar-refractivity contribution in [3.63, 3.8) is 0 Å². The van der Waals surface area contributed by atoms with E-state index in [0.717, 1.165) is 6.21 Å². The Bertz CT molecular complexity index is 1340. The van der Waals surface area contributed by atoms with Crippen molar-refractivity contribution in [3.8, 4) is 5.75 Å². The standard InChI is InChI=1S/C25H21ClN4O6/c1-15(2)23(31)28-18-12-10-16(11-13-18)24(32)29-27-14-17-6-5-9-21(30(34)35)22(17)36-25(33)19-7-3-4-8-20(19)26/h3-15H,1-2H3,(H,28,31)(H,29,32)/b27-14+. The zero-order valence-electron chi connectivity index (χ0n) is 19.2. The van der Waals surface area contributed by atoms with E-state index >= 15 is 0 Å². The number of carbonyl (C=O) groups is 3. The van der Waals surface area contributed by atoms with Crippen LogP contribution < -0.4 is 15.5 Å². The van der Waals surface area contributed by atoms with Crippen molar-refractivity contribution in [2.45, 2.75) is 13.8 Å². The molecule has 0 atom stereocenters. The zero-order chi connectivity index (χ0) is 26.2. The normalized spacial score (nSPS) is 10.8. The first-order valence-electron chi connectivity index (χ1n) is 10.7. The number of benzene rings is 3. The van der Waals surface area contributed by atoms with Gasteiger partial charge in [-0.2, -0.15) is 5.10 Å². The first-order valence-corrected chi connectivity index (χ1v) is 11.0. The van der Waals surface area contributed by atoms with Crippen molar-refractivity contribution in [2.75, 3.05) is 5.32 Å². The number of halogens is 1. The molecule has 184 valence electrons. The highest BCUT2D eigenvalue weighted by atomic mass is 35.5. The van der Waals surface area contributed by atoms with Gasteiger partial charge in [0.05, 0.1) is 21.7 Å². The van der Waals surface area contributed by atoms with Crippen molar-refractivity contribution >= 4 is 47.0 Å². The Kier molecular flexibility index (Phi) is 8.48. The predicted octanol–water partition coefficient (Wildman–Crippen LogP) is 4.83. The summed E-state index contributed by atoms with van der Waals surface area (Å²) in [6.07, 6.45) is 1.12. The third kappa shape index (κ3) is 6.51. The lowest BCUT2D eigenvalue weighted by Crippen LogP contribution is -2.19. The van der Waals surface area contributed by atoms with Crippen molar-refractivity contribution in [1.82, 2.24) is 5.43 Å². The summed E-state index contributed by atoms with van der Waals surface area (Å²) in [5, 5.41) is 18.2. The topological polar surface area (TPSA) is 140 Å². The average Bonchev–Trinajstić information content (AvgIpc) is 2.85. The molecule has 0 spiro atoms. The molecule has 36 heavy (non-hydrogen) atoms. The van der Waals surface area contributed by atoms with E-state index in [1.54, 1.807) is 38.1 Å². The van der Waals surface area contributed by atoms with Crippen molar-refractivity contribution in [3.05, 3.63) is 98.6 Å². The maximum atomic E-state index is 12.6. The van der Waals surface area contributed by atoms with Crippen molar-refractivity contribution in [1.29, 1.82) is 0 Å². The van der Waals surface area contributed by atoms with Crippen LogP contribution in [0.5, 0.6) is 5.75 Å². The van der Waals surface area contributed by atoms with E-state index < -0.39 is 22.5 Å². The van der Waals surface area contributed by atoms with Crippen LogP contribution in [0.3, 0.4) is 0 Å². The van der Waals surface area contributed by atoms with Gasteiger partial charge in [0.1, 0.15) is 0 Å². The first-order chi connectivity index (χ1) is 17.2. The van der Waals surface area contributed by atoms with Crippen LogP contribution in [0.1, 0.15) is 40.1 Å². The van der Waals surface area contributed by atoms with Crippen molar-refractivity contribution in [2.24, 2.45) is 11.0 Å². The van der Waals surface area contributed by atoms with Gasteiger partial charge in [-0.1, -0.05) is 43.6 Å². The Hall–Kier alpha value is -4.57. The Balaban J connectivity index is 1.76. The number of ether oxygens (including phenoxy) is 1. The van der Waals surface area contributed by atoms with Gasteiger partial charge in [-0.15, -0.1) is 0 Å². The molecule has 0 saturated carbocycles. The molecule has 2 amide bonds. The highest BCUT2D eigenvalue weighted by Crippen LogP contribution is 2.31. The van der Waals surface area contributed by atoms with E-state index in [1.807, 2.05) is 0 Å². The van der Waals surface area contributed by atoms with Crippen molar-refractivity contribution < 1.29 is 24.0 Å². The van der Waals surface area contributed by atoms with Gasteiger partial charge >= 0.3 is 11.7 Å². The van der Waals surface area contributed by atoms with Gasteiger partial charge in [0.25, 0.3) is 5.91 Å². The number of para-hydroxylation sites is 1. The van der Waals surface area contributed by atoms with Crippen LogP contribution in [0, 0.1) is 16.0 Å². The molecule has 0 aliphatic carbocycles. The number of nitrogens with one attached hydrogen (secondary N) is 2. The molecular weight excluding hydrogens is 488 g/mol. The lowest BCUT2D eigenvalue weighted by atomic mass is 10.1. The fraction of sp³-hybridized carbons (Fsp3) is 0.120. The monoisotopic (exact) mass is 508 g/mol. The minimum Gasteiger partial charge on any atom is -0.415 e. The highest BCUT2D eigenvalue weighted by Gasteiger charge is 2.23. The Morgan fingerprint density at radius 3 is 2.36 bits per heavy atom. The van der Waals surface area contributed by atoms with Crippen LogP contribution in [0.25, 0.3) is 0 Å². The van der Waals surface area contributed by atoms with Crippen LogP contribution in [-0.4, -0.2) is 28.9 Å². The first kappa shape index (κ1) is 26.0. The number of anilines is 1. The summed E-state index contributed by atoms with van der Waals surface area (Å²) in [7, 11) is 0. The molecule has 0 saturated heterocycles.